The van der Waals surface area contributed by atoms with E-state index in [1.54, 1.807) is 6.20 Å². The van der Waals surface area contributed by atoms with Crippen molar-refractivity contribution in [1.29, 1.82) is 0 Å². The second-order valence-electron chi connectivity index (χ2n) is 4.37. The van der Waals surface area contributed by atoms with Gasteiger partial charge < -0.3 is 14.4 Å². The second-order valence-corrected chi connectivity index (χ2v) is 5.38. The molecule has 0 bridgehead atoms. The number of anilines is 1. The first kappa shape index (κ1) is 13.3. The standard InChI is InChI=1S/C12H18N2O3S/c1-14(8-9-5-3-4-6-17-9)12-13-7-10(18-12)11(15)16-2/h7,9H,3-6,8H2,1-2H3. The first-order valence-electron chi connectivity index (χ1n) is 6.07. The Bertz CT molecular complexity index is 402. The number of aromatic nitrogens is 1. The van der Waals surface area contributed by atoms with Crippen LogP contribution in [0.2, 0.25) is 0 Å². The van der Waals surface area contributed by atoms with Gasteiger partial charge >= 0.3 is 5.97 Å². The van der Waals surface area contributed by atoms with Crippen LogP contribution in [0.15, 0.2) is 6.20 Å². The number of carbonyl (C=O) groups excluding carboxylic acids is 1. The van der Waals surface area contributed by atoms with Crippen molar-refractivity contribution in [1.82, 2.24) is 4.98 Å². The fourth-order valence-electron chi connectivity index (χ4n) is 1.97. The van der Waals surface area contributed by atoms with E-state index in [2.05, 4.69) is 9.72 Å². The zero-order valence-corrected chi connectivity index (χ0v) is 11.5. The molecule has 6 heteroatoms. The highest BCUT2D eigenvalue weighted by atomic mass is 32.1. The molecule has 0 aliphatic carbocycles. The van der Waals surface area contributed by atoms with Crippen LogP contribution in [0.4, 0.5) is 5.13 Å². The summed E-state index contributed by atoms with van der Waals surface area (Å²) >= 11 is 1.35. The summed E-state index contributed by atoms with van der Waals surface area (Å²) in [5.41, 5.74) is 0. The molecule has 0 amide bonds. The van der Waals surface area contributed by atoms with Gasteiger partial charge in [0.15, 0.2) is 5.13 Å². The van der Waals surface area contributed by atoms with Crippen molar-refractivity contribution in [3.63, 3.8) is 0 Å². The van der Waals surface area contributed by atoms with Crippen molar-refractivity contribution >= 4 is 22.4 Å². The lowest BCUT2D eigenvalue weighted by Crippen LogP contribution is -2.33. The van der Waals surface area contributed by atoms with Crippen LogP contribution >= 0.6 is 11.3 Å². The smallest absolute Gasteiger partial charge is 0.349 e. The maximum absolute atomic E-state index is 11.3. The van der Waals surface area contributed by atoms with E-state index < -0.39 is 0 Å². The number of esters is 1. The van der Waals surface area contributed by atoms with Crippen LogP contribution in [-0.4, -0.2) is 44.4 Å². The van der Waals surface area contributed by atoms with E-state index in [1.165, 1.54) is 24.9 Å². The molecule has 5 nitrogen and oxygen atoms in total. The number of thiazole rings is 1. The Hall–Kier alpha value is -1.14. The summed E-state index contributed by atoms with van der Waals surface area (Å²) in [7, 11) is 3.35. The Balaban J connectivity index is 1.93. The highest BCUT2D eigenvalue weighted by Crippen LogP contribution is 2.23. The van der Waals surface area contributed by atoms with Gasteiger partial charge in [-0.05, 0) is 19.3 Å². The minimum Gasteiger partial charge on any atom is -0.465 e. The molecule has 1 fully saturated rings. The first-order valence-corrected chi connectivity index (χ1v) is 6.89. The summed E-state index contributed by atoms with van der Waals surface area (Å²) in [6.07, 6.45) is 5.31. The van der Waals surface area contributed by atoms with Crippen LogP contribution in [0.3, 0.4) is 0 Å². The number of hydrogen-bond acceptors (Lipinski definition) is 6. The fourth-order valence-corrected chi connectivity index (χ4v) is 2.78. The summed E-state index contributed by atoms with van der Waals surface area (Å²) in [6.45, 7) is 1.66. The van der Waals surface area contributed by atoms with Crippen LogP contribution in [0.25, 0.3) is 0 Å². The molecular weight excluding hydrogens is 252 g/mol. The Labute approximate surface area is 111 Å². The van der Waals surface area contributed by atoms with Crippen molar-refractivity contribution in [2.24, 2.45) is 0 Å². The molecular formula is C12H18N2O3S. The molecule has 2 heterocycles. The lowest BCUT2D eigenvalue weighted by Gasteiger charge is -2.27. The van der Waals surface area contributed by atoms with Crippen molar-refractivity contribution in [3.8, 4) is 0 Å². The number of likely N-dealkylation sites (N-methyl/N-ethyl adjacent to an activating group) is 1. The molecule has 1 aromatic heterocycles. The third kappa shape index (κ3) is 3.20. The molecule has 0 saturated carbocycles. The molecule has 1 unspecified atom stereocenters. The van der Waals surface area contributed by atoms with Crippen LogP contribution < -0.4 is 4.90 Å². The highest BCUT2D eigenvalue weighted by Gasteiger charge is 2.19. The summed E-state index contributed by atoms with van der Waals surface area (Å²) in [5, 5.41) is 0.824. The molecule has 18 heavy (non-hydrogen) atoms. The monoisotopic (exact) mass is 270 g/mol. The predicted octanol–water partition coefficient (Wildman–Crippen LogP) is 1.93. The van der Waals surface area contributed by atoms with Crippen molar-refractivity contribution in [2.75, 3.05) is 32.2 Å². The van der Waals surface area contributed by atoms with Gasteiger partial charge in [0.2, 0.25) is 0 Å². The highest BCUT2D eigenvalue weighted by molar-refractivity contribution is 7.17. The Morgan fingerprint density at radius 2 is 2.50 bits per heavy atom. The van der Waals surface area contributed by atoms with E-state index in [9.17, 15) is 4.79 Å². The lowest BCUT2D eigenvalue weighted by molar-refractivity contribution is 0.0216. The molecule has 1 aliphatic rings. The molecule has 1 aromatic rings. The van der Waals surface area contributed by atoms with Gasteiger partial charge in [-0.2, -0.15) is 0 Å². The average Bonchev–Trinajstić information content (AvgIpc) is 2.88. The predicted molar refractivity (Wildman–Crippen MR) is 70.3 cm³/mol. The van der Waals surface area contributed by atoms with Gasteiger partial charge in [0.1, 0.15) is 4.88 Å². The van der Waals surface area contributed by atoms with Gasteiger partial charge in [-0.15, -0.1) is 0 Å². The van der Waals surface area contributed by atoms with Crippen molar-refractivity contribution < 1.29 is 14.3 Å². The number of carbonyl (C=O) groups is 1. The summed E-state index contributed by atoms with van der Waals surface area (Å²) in [4.78, 5) is 18.1. The minimum absolute atomic E-state index is 0.272. The van der Waals surface area contributed by atoms with E-state index in [0.29, 0.717) is 4.88 Å². The normalized spacial score (nSPS) is 19.6. The van der Waals surface area contributed by atoms with E-state index in [4.69, 9.17) is 4.74 Å². The average molecular weight is 270 g/mol. The SMILES string of the molecule is COC(=O)c1cnc(N(C)CC2CCCCO2)s1. The molecule has 1 saturated heterocycles. The van der Waals surface area contributed by atoms with E-state index in [-0.39, 0.29) is 12.1 Å². The number of hydrogen-bond donors (Lipinski definition) is 0. The van der Waals surface area contributed by atoms with E-state index in [0.717, 1.165) is 31.1 Å². The molecule has 0 aromatic carbocycles. The summed E-state index contributed by atoms with van der Waals surface area (Å²) in [6, 6.07) is 0. The summed E-state index contributed by atoms with van der Waals surface area (Å²) < 4.78 is 10.4. The molecule has 100 valence electrons. The molecule has 1 atom stereocenters. The zero-order chi connectivity index (χ0) is 13.0. The quantitative estimate of drug-likeness (QED) is 0.783. The van der Waals surface area contributed by atoms with Crippen LogP contribution in [0.5, 0.6) is 0 Å². The minimum atomic E-state index is -0.332. The fraction of sp³-hybridized carbons (Fsp3) is 0.667. The number of ether oxygens (including phenoxy) is 2. The molecule has 0 spiro atoms. The van der Waals surface area contributed by atoms with Crippen LogP contribution in [0, 0.1) is 0 Å². The van der Waals surface area contributed by atoms with Crippen LogP contribution in [-0.2, 0) is 9.47 Å². The second kappa shape index (κ2) is 6.15. The third-order valence-electron chi connectivity index (χ3n) is 2.96. The Morgan fingerprint density at radius 1 is 1.67 bits per heavy atom. The maximum atomic E-state index is 11.3. The zero-order valence-electron chi connectivity index (χ0n) is 10.7. The first-order chi connectivity index (χ1) is 8.70. The molecule has 0 radical (unpaired) electrons. The maximum Gasteiger partial charge on any atom is 0.349 e. The summed E-state index contributed by atoms with van der Waals surface area (Å²) in [5.74, 6) is -0.332. The largest absolute Gasteiger partial charge is 0.465 e. The molecule has 2 rings (SSSR count). The number of nitrogens with zero attached hydrogens (tertiary/aromatic N) is 2. The van der Waals surface area contributed by atoms with Gasteiger partial charge in [0.25, 0.3) is 0 Å². The van der Waals surface area contributed by atoms with E-state index in [1.807, 2.05) is 11.9 Å². The third-order valence-corrected chi connectivity index (χ3v) is 4.05. The topological polar surface area (TPSA) is 51.7 Å². The van der Waals surface area contributed by atoms with E-state index >= 15 is 0 Å². The number of methoxy groups -OCH3 is 1. The van der Waals surface area contributed by atoms with Crippen LogP contribution in [0.1, 0.15) is 28.9 Å². The van der Waals surface area contributed by atoms with Crippen molar-refractivity contribution in [3.05, 3.63) is 11.1 Å². The van der Waals surface area contributed by atoms with Gasteiger partial charge in [-0.1, -0.05) is 11.3 Å². The van der Waals surface area contributed by atoms with Gasteiger partial charge in [-0.25, -0.2) is 9.78 Å². The molecule has 0 N–H and O–H groups in total. The van der Waals surface area contributed by atoms with Gasteiger partial charge in [0, 0.05) is 20.2 Å². The lowest BCUT2D eigenvalue weighted by atomic mass is 10.1. The van der Waals surface area contributed by atoms with Gasteiger partial charge in [-0.3, -0.25) is 0 Å². The number of rotatable bonds is 4. The van der Waals surface area contributed by atoms with Crippen molar-refractivity contribution in [2.45, 2.75) is 25.4 Å². The Kier molecular flexibility index (Phi) is 4.54. The van der Waals surface area contributed by atoms with Gasteiger partial charge in [0.05, 0.1) is 19.4 Å². The molecule has 1 aliphatic heterocycles. The Morgan fingerprint density at radius 3 is 3.17 bits per heavy atom.